The lowest BCUT2D eigenvalue weighted by atomic mass is 9.87. The molecule has 28 heavy (non-hydrogen) atoms. The summed E-state index contributed by atoms with van der Waals surface area (Å²) in [6.07, 6.45) is 0.676. The molecule has 2 aromatic rings. The van der Waals surface area contributed by atoms with E-state index in [2.05, 4.69) is 5.32 Å². The highest BCUT2D eigenvalue weighted by atomic mass is 16.5. The number of hydrogen-bond acceptors (Lipinski definition) is 5. The fourth-order valence-corrected chi connectivity index (χ4v) is 3.99. The van der Waals surface area contributed by atoms with Crippen molar-refractivity contribution in [2.75, 3.05) is 20.3 Å². The maximum absolute atomic E-state index is 13.0. The molecule has 6 nitrogen and oxygen atoms in total. The Labute approximate surface area is 164 Å². The first-order valence-electron chi connectivity index (χ1n) is 9.37. The Kier molecular flexibility index (Phi) is 4.56. The largest absolute Gasteiger partial charge is 0.490 e. The zero-order valence-corrected chi connectivity index (χ0v) is 16.3. The molecule has 0 saturated carbocycles. The Morgan fingerprint density at radius 1 is 1.25 bits per heavy atom. The molecular formula is C22H25NO5. The quantitative estimate of drug-likeness (QED) is 0.849. The minimum Gasteiger partial charge on any atom is -0.490 e. The maximum atomic E-state index is 13.0. The van der Waals surface area contributed by atoms with Gasteiger partial charge in [0, 0.05) is 24.7 Å². The monoisotopic (exact) mass is 383 g/mol. The molecule has 2 aliphatic rings. The highest BCUT2D eigenvalue weighted by Gasteiger charge is 2.41. The number of ether oxygens (including phenoxy) is 3. The predicted octanol–water partition coefficient (Wildman–Crippen LogP) is 2.64. The number of benzene rings is 2. The Morgan fingerprint density at radius 2 is 2.04 bits per heavy atom. The number of methoxy groups -OCH3 is 1. The van der Waals surface area contributed by atoms with Crippen LogP contribution in [0.5, 0.6) is 11.5 Å². The third kappa shape index (κ3) is 3.34. The number of para-hydroxylation sites is 1. The smallest absolute Gasteiger partial charge is 0.251 e. The predicted molar refractivity (Wildman–Crippen MR) is 104 cm³/mol. The molecule has 3 atom stereocenters. The number of carbonyl (C=O) groups excluding carboxylic acids is 1. The highest BCUT2D eigenvalue weighted by Crippen LogP contribution is 2.38. The number of hydrogen-bond donors (Lipinski definition) is 2. The van der Waals surface area contributed by atoms with Gasteiger partial charge in [0.1, 0.15) is 29.3 Å². The topological polar surface area (TPSA) is 77.0 Å². The summed E-state index contributed by atoms with van der Waals surface area (Å²) in [5.41, 5.74) is 0.649. The van der Waals surface area contributed by atoms with Crippen LogP contribution in [0.15, 0.2) is 42.5 Å². The van der Waals surface area contributed by atoms with E-state index in [0.29, 0.717) is 24.3 Å². The summed E-state index contributed by atoms with van der Waals surface area (Å²) in [4.78, 5) is 13.0. The van der Waals surface area contributed by atoms with E-state index < -0.39 is 17.2 Å². The lowest BCUT2D eigenvalue weighted by Gasteiger charge is -2.38. The van der Waals surface area contributed by atoms with E-state index in [1.54, 1.807) is 20.1 Å². The van der Waals surface area contributed by atoms with Gasteiger partial charge < -0.3 is 24.6 Å². The molecule has 0 saturated heterocycles. The molecule has 2 aromatic carbocycles. The van der Waals surface area contributed by atoms with E-state index in [4.69, 9.17) is 14.2 Å². The highest BCUT2D eigenvalue weighted by molar-refractivity contribution is 5.95. The molecule has 0 radical (unpaired) electrons. The summed E-state index contributed by atoms with van der Waals surface area (Å²) in [6, 6.07) is 12.3. The zero-order chi connectivity index (χ0) is 19.9. The minimum atomic E-state index is -1.21. The Morgan fingerprint density at radius 3 is 2.82 bits per heavy atom. The summed E-state index contributed by atoms with van der Waals surface area (Å²) < 4.78 is 16.9. The number of aliphatic hydroxyl groups is 1. The Hall–Kier alpha value is -2.57. The fraction of sp³-hybridized carbons (Fsp3) is 0.409. The van der Waals surface area contributed by atoms with E-state index in [1.165, 1.54) is 0 Å². The van der Waals surface area contributed by atoms with Crippen LogP contribution in [0.25, 0.3) is 0 Å². The molecule has 6 heteroatoms. The lowest BCUT2D eigenvalue weighted by Crippen LogP contribution is -2.50. The number of fused-ring (bicyclic) bond motifs is 2. The zero-order valence-electron chi connectivity index (χ0n) is 16.3. The molecule has 2 aliphatic heterocycles. The van der Waals surface area contributed by atoms with Crippen molar-refractivity contribution in [1.29, 1.82) is 0 Å². The molecule has 148 valence electrons. The van der Waals surface area contributed by atoms with Gasteiger partial charge >= 0.3 is 0 Å². The van der Waals surface area contributed by atoms with Gasteiger partial charge in [-0.25, -0.2) is 0 Å². The van der Waals surface area contributed by atoms with Gasteiger partial charge in [0.15, 0.2) is 0 Å². The molecule has 2 N–H and O–H groups in total. The molecule has 0 bridgehead atoms. The summed E-state index contributed by atoms with van der Waals surface area (Å²) in [7, 11) is 1.65. The van der Waals surface area contributed by atoms with Gasteiger partial charge in [0.25, 0.3) is 5.91 Å². The summed E-state index contributed by atoms with van der Waals surface area (Å²) >= 11 is 0. The average molecular weight is 383 g/mol. The van der Waals surface area contributed by atoms with Crippen molar-refractivity contribution in [1.82, 2.24) is 5.32 Å². The van der Waals surface area contributed by atoms with Crippen LogP contribution in [0.3, 0.4) is 0 Å². The van der Waals surface area contributed by atoms with Crippen LogP contribution in [0.4, 0.5) is 0 Å². The van der Waals surface area contributed by atoms with Gasteiger partial charge in [-0.1, -0.05) is 18.2 Å². The van der Waals surface area contributed by atoms with Crippen LogP contribution in [0.1, 0.15) is 41.4 Å². The van der Waals surface area contributed by atoms with Gasteiger partial charge in [0.05, 0.1) is 12.6 Å². The molecule has 1 amide bonds. The van der Waals surface area contributed by atoms with Crippen LogP contribution in [-0.2, 0) is 11.2 Å². The molecule has 2 heterocycles. The molecule has 0 aliphatic carbocycles. The molecule has 4 rings (SSSR count). The molecule has 0 aromatic heterocycles. The number of nitrogens with one attached hydrogen (secondary N) is 1. The third-order valence-corrected chi connectivity index (χ3v) is 5.34. The maximum Gasteiger partial charge on any atom is 0.251 e. The van der Waals surface area contributed by atoms with Crippen molar-refractivity contribution < 1.29 is 24.1 Å². The SMILES string of the molecule is COC[C@@]1(C)Cc2cc(C(=O)N[C@@H]3c4ccccc4OC[C@@]3(C)O)ccc2O1. The van der Waals surface area contributed by atoms with Crippen molar-refractivity contribution in [3.63, 3.8) is 0 Å². The van der Waals surface area contributed by atoms with Crippen molar-refractivity contribution in [3.05, 3.63) is 59.2 Å². The van der Waals surface area contributed by atoms with Crippen molar-refractivity contribution in [3.8, 4) is 11.5 Å². The lowest BCUT2D eigenvalue weighted by molar-refractivity contribution is -0.0341. The summed E-state index contributed by atoms with van der Waals surface area (Å²) in [5.74, 6) is 1.21. The Balaban J connectivity index is 1.57. The van der Waals surface area contributed by atoms with E-state index >= 15 is 0 Å². The van der Waals surface area contributed by atoms with E-state index in [9.17, 15) is 9.90 Å². The van der Waals surface area contributed by atoms with Crippen LogP contribution >= 0.6 is 0 Å². The van der Waals surface area contributed by atoms with Crippen LogP contribution < -0.4 is 14.8 Å². The van der Waals surface area contributed by atoms with Gasteiger partial charge in [-0.05, 0) is 43.7 Å². The fourth-order valence-electron chi connectivity index (χ4n) is 3.99. The number of amides is 1. The number of carbonyl (C=O) groups is 1. The molecule has 0 spiro atoms. The second-order valence-electron chi connectivity index (χ2n) is 8.07. The number of rotatable bonds is 4. The first-order chi connectivity index (χ1) is 13.3. The minimum absolute atomic E-state index is 0.113. The second kappa shape index (κ2) is 6.79. The standard InChI is InChI=1S/C22H25NO5/c1-21(12-26-3)11-15-10-14(8-9-17(15)28-21)20(24)23-19-16-6-4-5-7-18(16)27-13-22(19,2)25/h4-10,19,25H,11-13H2,1-3H3,(H,23,24)/t19-,21-,22-/m1/s1. The summed E-state index contributed by atoms with van der Waals surface area (Å²) in [5, 5.41) is 13.8. The van der Waals surface area contributed by atoms with Gasteiger partial charge in [-0.3, -0.25) is 4.79 Å². The molecular weight excluding hydrogens is 358 g/mol. The van der Waals surface area contributed by atoms with Gasteiger partial charge in [-0.2, -0.15) is 0 Å². The normalized spacial score (nSPS) is 27.9. The van der Waals surface area contributed by atoms with Gasteiger partial charge in [-0.15, -0.1) is 0 Å². The molecule has 0 fully saturated rings. The van der Waals surface area contributed by atoms with Crippen molar-refractivity contribution >= 4 is 5.91 Å². The van der Waals surface area contributed by atoms with Gasteiger partial charge in [0.2, 0.25) is 0 Å². The van der Waals surface area contributed by atoms with E-state index in [0.717, 1.165) is 16.9 Å². The van der Waals surface area contributed by atoms with Crippen molar-refractivity contribution in [2.45, 2.75) is 37.5 Å². The van der Waals surface area contributed by atoms with Crippen LogP contribution in [0.2, 0.25) is 0 Å². The van der Waals surface area contributed by atoms with Crippen molar-refractivity contribution in [2.24, 2.45) is 0 Å². The van der Waals surface area contributed by atoms with E-state index in [1.807, 2.05) is 43.3 Å². The van der Waals surface area contributed by atoms with Crippen LogP contribution in [0, 0.1) is 0 Å². The summed E-state index contributed by atoms with van der Waals surface area (Å²) in [6.45, 7) is 4.25. The first kappa shape index (κ1) is 18.8. The van der Waals surface area contributed by atoms with E-state index in [-0.39, 0.29) is 12.5 Å². The third-order valence-electron chi connectivity index (χ3n) is 5.34. The second-order valence-corrected chi connectivity index (χ2v) is 8.07. The van der Waals surface area contributed by atoms with Crippen LogP contribution in [-0.4, -0.2) is 42.5 Å². The molecule has 0 unspecified atom stereocenters. The average Bonchev–Trinajstić information content (AvgIpc) is 2.99. The Bertz CT molecular complexity index is 910. The first-order valence-corrected chi connectivity index (χ1v) is 9.37.